The van der Waals surface area contributed by atoms with Gasteiger partial charge in [0.15, 0.2) is 6.29 Å². The Labute approximate surface area is 134 Å². The molecule has 0 aliphatic rings. The Kier molecular flexibility index (Phi) is 25.8. The van der Waals surface area contributed by atoms with Crippen LogP contribution in [0.3, 0.4) is 0 Å². The van der Waals surface area contributed by atoms with E-state index in [1.807, 2.05) is 50.2 Å². The van der Waals surface area contributed by atoms with Gasteiger partial charge in [0.1, 0.15) is 0 Å². The number of rotatable bonds is 3. The molecule has 21 heavy (non-hydrogen) atoms. The van der Waals surface area contributed by atoms with E-state index < -0.39 is 0 Å². The molecule has 0 amide bonds. The third-order valence-corrected chi connectivity index (χ3v) is 2.46. The Bertz CT molecular complexity index is 225. The van der Waals surface area contributed by atoms with E-state index in [1.54, 1.807) is 7.11 Å². The quantitative estimate of drug-likeness (QED) is 0.600. The normalized spacial score (nSPS) is 10.4. The summed E-state index contributed by atoms with van der Waals surface area (Å²) in [5, 5.41) is 0. The van der Waals surface area contributed by atoms with Gasteiger partial charge < -0.3 is 9.47 Å². The largest absolute Gasteiger partial charge is 0.356 e. The fraction of sp³-hybridized carbons (Fsp3) is 0.684. The van der Waals surface area contributed by atoms with Crippen molar-refractivity contribution in [2.75, 3.05) is 13.7 Å². The van der Waals surface area contributed by atoms with E-state index in [1.165, 1.54) is 6.42 Å². The Hall–Kier alpha value is -0.860. The average molecular weight is 301 g/mol. The number of methoxy groups -OCH3 is 1. The van der Waals surface area contributed by atoms with E-state index in [-0.39, 0.29) is 21.1 Å². The van der Waals surface area contributed by atoms with E-state index in [0.29, 0.717) is 5.41 Å². The van der Waals surface area contributed by atoms with Crippen molar-refractivity contribution in [1.29, 1.82) is 0 Å². The maximum absolute atomic E-state index is 4.97. The van der Waals surface area contributed by atoms with Gasteiger partial charge in [-0.2, -0.15) is 0 Å². The molecule has 1 aromatic carbocycles. The molecule has 0 bridgehead atoms. The Balaban J connectivity index is -0.0000000988. The molecule has 0 saturated heterocycles. The van der Waals surface area contributed by atoms with E-state index in [4.69, 9.17) is 9.47 Å². The van der Waals surface area contributed by atoms with Crippen molar-refractivity contribution in [1.82, 2.24) is 0 Å². The van der Waals surface area contributed by atoms with Gasteiger partial charge in [-0.05, 0) is 19.3 Å². The zero-order chi connectivity index (χ0) is 15.1. The van der Waals surface area contributed by atoms with Crippen LogP contribution in [0.4, 0.5) is 0 Å². The Morgan fingerprint density at radius 1 is 0.857 bits per heavy atom. The SMILES string of the molecule is C.C.CCC(C)(C)C.CCOC(C)OC.c1ccccc1. The third-order valence-electron chi connectivity index (χ3n) is 2.46. The van der Waals surface area contributed by atoms with Crippen LogP contribution in [-0.4, -0.2) is 20.0 Å². The van der Waals surface area contributed by atoms with Crippen molar-refractivity contribution in [3.8, 4) is 0 Å². The van der Waals surface area contributed by atoms with E-state index in [2.05, 4.69) is 27.7 Å². The fourth-order valence-electron chi connectivity index (χ4n) is 0.688. The predicted octanol–water partition coefficient (Wildman–Crippen LogP) is 6.42. The first-order chi connectivity index (χ1) is 8.87. The number of hydrogen-bond acceptors (Lipinski definition) is 2. The summed E-state index contributed by atoms with van der Waals surface area (Å²) in [4.78, 5) is 0. The summed E-state index contributed by atoms with van der Waals surface area (Å²) >= 11 is 0. The smallest absolute Gasteiger partial charge is 0.154 e. The Morgan fingerprint density at radius 3 is 1.24 bits per heavy atom. The van der Waals surface area contributed by atoms with Crippen molar-refractivity contribution in [3.63, 3.8) is 0 Å². The first kappa shape index (κ1) is 28.3. The molecular weight excluding hydrogens is 260 g/mol. The molecule has 1 atom stereocenters. The maximum atomic E-state index is 4.97. The first-order valence-electron chi connectivity index (χ1n) is 7.01. The van der Waals surface area contributed by atoms with Crippen molar-refractivity contribution >= 4 is 0 Å². The highest BCUT2D eigenvalue weighted by atomic mass is 16.7. The van der Waals surface area contributed by atoms with Crippen molar-refractivity contribution in [2.45, 2.75) is 69.1 Å². The standard InChI is InChI=1S/C6H6.C6H14.C5H12O2.2CH4/c1-2-4-6-5-3-1;1-5-6(2,3)4;1-4-7-5(2)6-3;;/h1-6H;5H2,1-4H3;5H,4H2,1-3H3;2*1H4. The summed E-state index contributed by atoms with van der Waals surface area (Å²) in [6.07, 6.45) is 1.22. The molecule has 0 N–H and O–H groups in total. The highest BCUT2D eigenvalue weighted by Gasteiger charge is 2.03. The molecule has 0 saturated carbocycles. The van der Waals surface area contributed by atoms with Crippen LogP contribution in [0.1, 0.15) is 62.8 Å². The van der Waals surface area contributed by atoms with Crippen LogP contribution in [0, 0.1) is 5.41 Å². The maximum Gasteiger partial charge on any atom is 0.154 e. The third kappa shape index (κ3) is 32.6. The number of benzene rings is 1. The van der Waals surface area contributed by atoms with Crippen LogP contribution in [0.5, 0.6) is 0 Å². The lowest BCUT2D eigenvalue weighted by atomic mass is 9.94. The summed E-state index contributed by atoms with van der Waals surface area (Å²) in [6, 6.07) is 12.0. The molecule has 0 spiro atoms. The molecule has 2 nitrogen and oxygen atoms in total. The zero-order valence-electron chi connectivity index (χ0n) is 13.8. The van der Waals surface area contributed by atoms with Gasteiger partial charge in [0.25, 0.3) is 0 Å². The van der Waals surface area contributed by atoms with Crippen LogP contribution in [0.2, 0.25) is 0 Å². The summed E-state index contributed by atoms with van der Waals surface area (Å²) in [6.45, 7) is 13.5. The minimum Gasteiger partial charge on any atom is -0.356 e. The zero-order valence-corrected chi connectivity index (χ0v) is 13.8. The van der Waals surface area contributed by atoms with E-state index in [0.717, 1.165) is 6.61 Å². The molecule has 128 valence electrons. The second-order valence-corrected chi connectivity index (χ2v) is 5.33. The van der Waals surface area contributed by atoms with Crippen LogP contribution in [-0.2, 0) is 9.47 Å². The summed E-state index contributed by atoms with van der Waals surface area (Å²) in [5.41, 5.74) is 0.542. The van der Waals surface area contributed by atoms with Crippen LogP contribution >= 0.6 is 0 Å². The number of hydrogen-bond donors (Lipinski definition) is 0. The highest BCUT2D eigenvalue weighted by molar-refractivity contribution is 4.99. The lowest BCUT2D eigenvalue weighted by Crippen LogP contribution is -2.08. The minimum absolute atomic E-state index is 0. The lowest BCUT2D eigenvalue weighted by Gasteiger charge is -2.12. The minimum atomic E-state index is -0.0509. The van der Waals surface area contributed by atoms with Gasteiger partial charge in [0.2, 0.25) is 0 Å². The van der Waals surface area contributed by atoms with Crippen molar-refractivity contribution < 1.29 is 9.47 Å². The summed E-state index contributed by atoms with van der Waals surface area (Å²) < 4.78 is 9.74. The molecule has 0 fully saturated rings. The molecule has 2 heteroatoms. The van der Waals surface area contributed by atoms with Gasteiger partial charge in [-0.15, -0.1) is 0 Å². The van der Waals surface area contributed by atoms with Crippen molar-refractivity contribution in [3.05, 3.63) is 36.4 Å². The summed E-state index contributed by atoms with van der Waals surface area (Å²) in [5.74, 6) is 0. The van der Waals surface area contributed by atoms with E-state index in [9.17, 15) is 0 Å². The highest BCUT2D eigenvalue weighted by Crippen LogP contribution is 2.16. The molecule has 0 radical (unpaired) electrons. The molecule has 0 aliphatic carbocycles. The predicted molar refractivity (Wildman–Crippen MR) is 97.7 cm³/mol. The molecule has 0 heterocycles. The van der Waals surface area contributed by atoms with Gasteiger partial charge in [0.05, 0.1) is 0 Å². The van der Waals surface area contributed by atoms with Gasteiger partial charge in [-0.25, -0.2) is 0 Å². The van der Waals surface area contributed by atoms with Gasteiger partial charge in [-0.3, -0.25) is 0 Å². The molecular formula is C19H40O2. The Morgan fingerprint density at radius 2 is 1.14 bits per heavy atom. The second-order valence-electron chi connectivity index (χ2n) is 5.33. The van der Waals surface area contributed by atoms with Crippen LogP contribution < -0.4 is 0 Å². The van der Waals surface area contributed by atoms with Gasteiger partial charge in [0, 0.05) is 13.7 Å². The number of ether oxygens (including phenoxy) is 2. The molecule has 0 aliphatic heterocycles. The van der Waals surface area contributed by atoms with Crippen molar-refractivity contribution in [2.24, 2.45) is 5.41 Å². The van der Waals surface area contributed by atoms with Crippen LogP contribution in [0.15, 0.2) is 36.4 Å². The molecule has 0 aromatic heterocycles. The fourth-order valence-corrected chi connectivity index (χ4v) is 0.688. The lowest BCUT2D eigenvalue weighted by molar-refractivity contribution is -0.106. The molecule has 1 unspecified atom stereocenters. The molecule has 1 aromatic rings. The van der Waals surface area contributed by atoms with Crippen LogP contribution in [0.25, 0.3) is 0 Å². The first-order valence-corrected chi connectivity index (χ1v) is 7.01. The second kappa shape index (κ2) is 19.1. The summed E-state index contributed by atoms with van der Waals surface area (Å²) in [7, 11) is 1.63. The monoisotopic (exact) mass is 300 g/mol. The average Bonchev–Trinajstić information content (AvgIpc) is 2.41. The molecule has 1 rings (SSSR count). The van der Waals surface area contributed by atoms with Gasteiger partial charge in [-0.1, -0.05) is 85.4 Å². The van der Waals surface area contributed by atoms with E-state index >= 15 is 0 Å². The topological polar surface area (TPSA) is 18.5 Å². The van der Waals surface area contributed by atoms with Gasteiger partial charge >= 0.3 is 0 Å².